The van der Waals surface area contributed by atoms with Crippen molar-refractivity contribution in [3.8, 4) is 5.97 Å². The summed E-state index contributed by atoms with van der Waals surface area (Å²) in [4.78, 5) is 6.81. The molecular formula is C20H29BN2O6. The summed E-state index contributed by atoms with van der Waals surface area (Å²) in [6, 6.07) is 9.92. The molecule has 1 aromatic rings. The Morgan fingerprint density at radius 3 is 2.38 bits per heavy atom. The van der Waals surface area contributed by atoms with Gasteiger partial charge in [-0.3, -0.25) is 0 Å². The van der Waals surface area contributed by atoms with Gasteiger partial charge in [-0.15, -0.1) is 0 Å². The standard InChI is InChI=1S/C20H29BN2O6/c1-19(2)26-15-14(25-18-17(16(15)27-19)28-20(3,4)29-18)10-23(21-12-22)24-11-13-8-6-5-7-9-13/h5-9,14-18,23H,10-11,21H2,1-4H3/t14-,15+,16+,17-,18-/m1/s1. The molecule has 0 amide bonds. The number of fused-ring (bicyclic) bond motifs is 3. The molecule has 1 aromatic carbocycles. The highest BCUT2D eigenvalue weighted by Gasteiger charge is 2.61. The van der Waals surface area contributed by atoms with Crippen molar-refractivity contribution >= 4 is 7.41 Å². The Hall–Kier alpha value is -1.51. The van der Waals surface area contributed by atoms with Crippen LogP contribution in [-0.4, -0.2) is 56.2 Å². The van der Waals surface area contributed by atoms with Gasteiger partial charge < -0.3 is 28.7 Å². The van der Waals surface area contributed by atoms with Gasteiger partial charge in [0.15, 0.2) is 17.9 Å². The molecule has 0 radical (unpaired) electrons. The molecule has 3 saturated heterocycles. The van der Waals surface area contributed by atoms with Gasteiger partial charge in [-0.2, -0.15) is 0 Å². The quantitative estimate of drug-likeness (QED) is 0.527. The largest absolute Gasteiger partial charge is 0.362 e. The van der Waals surface area contributed by atoms with E-state index in [0.717, 1.165) is 10.5 Å². The number of benzene rings is 1. The lowest BCUT2D eigenvalue weighted by atomic mass is 9.94. The molecule has 0 spiro atoms. The zero-order valence-corrected chi connectivity index (χ0v) is 17.6. The fourth-order valence-corrected chi connectivity index (χ4v) is 4.28. The Labute approximate surface area is 171 Å². The summed E-state index contributed by atoms with van der Waals surface area (Å²) in [6.45, 7) is 8.41. The van der Waals surface area contributed by atoms with E-state index >= 15 is 0 Å². The van der Waals surface area contributed by atoms with Gasteiger partial charge in [0.2, 0.25) is 0 Å². The summed E-state index contributed by atoms with van der Waals surface area (Å²) in [5.41, 5.74) is 1.06. The van der Waals surface area contributed by atoms with E-state index in [9.17, 15) is 5.26 Å². The Morgan fingerprint density at radius 2 is 1.66 bits per heavy atom. The Balaban J connectivity index is 1.47. The molecule has 0 aromatic heterocycles. The van der Waals surface area contributed by atoms with Crippen LogP contribution in [0, 0.1) is 11.2 Å². The van der Waals surface area contributed by atoms with Crippen molar-refractivity contribution in [3.05, 3.63) is 35.9 Å². The SMILES string of the molecule is CC1(C)O[C@H]2[C@@H](O1)[C@@H](C[NH+]([BH2-]C#N)OCc1ccccc1)O[C@@H]1OC(C)(C)O[C@@H]12. The van der Waals surface area contributed by atoms with Crippen LogP contribution in [0.15, 0.2) is 30.3 Å². The van der Waals surface area contributed by atoms with Crippen LogP contribution < -0.4 is 4.97 Å². The van der Waals surface area contributed by atoms with Gasteiger partial charge in [0.25, 0.3) is 0 Å². The van der Waals surface area contributed by atoms with Crippen molar-refractivity contribution in [3.63, 3.8) is 0 Å². The Bertz CT molecular complexity index is 755. The molecule has 0 aliphatic carbocycles. The molecule has 158 valence electrons. The van der Waals surface area contributed by atoms with E-state index in [1.165, 1.54) is 0 Å². The van der Waals surface area contributed by atoms with E-state index in [0.29, 0.717) is 13.2 Å². The van der Waals surface area contributed by atoms with Crippen molar-refractivity contribution in [2.24, 2.45) is 0 Å². The summed E-state index contributed by atoms with van der Waals surface area (Å²) in [5.74, 6) is 0.823. The van der Waals surface area contributed by atoms with Crippen molar-refractivity contribution in [2.45, 2.75) is 76.6 Å². The lowest BCUT2D eigenvalue weighted by molar-refractivity contribution is -1.01. The van der Waals surface area contributed by atoms with Gasteiger partial charge in [0.1, 0.15) is 31.0 Å². The highest BCUT2D eigenvalue weighted by Crippen LogP contribution is 2.43. The molecule has 1 unspecified atom stereocenters. The van der Waals surface area contributed by atoms with Gasteiger partial charge in [-0.05, 0) is 33.3 Å². The minimum absolute atomic E-state index is 0.298. The number of hydrogen-bond donors (Lipinski definition) is 1. The first-order valence-corrected chi connectivity index (χ1v) is 10.3. The van der Waals surface area contributed by atoms with Crippen molar-refractivity contribution in [2.75, 3.05) is 6.54 Å². The highest BCUT2D eigenvalue weighted by atomic mass is 16.9. The maximum atomic E-state index is 9.32. The minimum atomic E-state index is -1.04. The molecule has 1 N–H and O–H groups in total. The number of rotatable bonds is 6. The summed E-state index contributed by atoms with van der Waals surface area (Å²) < 4.78 is 30.5. The average molecular weight is 404 g/mol. The summed E-state index contributed by atoms with van der Waals surface area (Å²) in [5, 5.41) is 9.32. The maximum Gasteiger partial charge on any atom is 0.309 e. The third kappa shape index (κ3) is 4.65. The number of nitrogens with zero attached hydrogens (tertiary/aromatic N) is 1. The van der Waals surface area contributed by atoms with E-state index < -0.39 is 25.3 Å². The highest BCUT2D eigenvalue weighted by molar-refractivity contribution is 6.35. The zero-order chi connectivity index (χ0) is 20.6. The second-order valence-corrected chi connectivity index (χ2v) is 8.86. The summed E-state index contributed by atoms with van der Waals surface area (Å²) in [7, 11) is -1.04. The fourth-order valence-electron chi connectivity index (χ4n) is 4.28. The molecule has 3 aliphatic heterocycles. The van der Waals surface area contributed by atoms with Crippen LogP contribution in [-0.2, 0) is 35.1 Å². The minimum Gasteiger partial charge on any atom is -0.362 e. The van der Waals surface area contributed by atoms with Crippen molar-refractivity contribution < 1.29 is 33.5 Å². The number of hydrogen-bond acceptors (Lipinski definition) is 7. The van der Waals surface area contributed by atoms with Crippen LogP contribution in [0.1, 0.15) is 33.3 Å². The predicted octanol–water partition coefficient (Wildman–Crippen LogP) is -0.0355. The van der Waals surface area contributed by atoms with E-state index in [1.807, 2.05) is 58.0 Å². The number of quaternary nitrogens is 1. The zero-order valence-electron chi connectivity index (χ0n) is 17.6. The first-order valence-electron chi connectivity index (χ1n) is 10.3. The van der Waals surface area contributed by atoms with Gasteiger partial charge in [-0.1, -0.05) is 36.3 Å². The fraction of sp³-hybridized carbons (Fsp3) is 0.650. The molecule has 29 heavy (non-hydrogen) atoms. The van der Waals surface area contributed by atoms with Crippen LogP contribution in [0.5, 0.6) is 0 Å². The predicted molar refractivity (Wildman–Crippen MR) is 104 cm³/mol. The van der Waals surface area contributed by atoms with Gasteiger partial charge in [0, 0.05) is 0 Å². The molecular weight excluding hydrogens is 375 g/mol. The van der Waals surface area contributed by atoms with Crippen LogP contribution in [0.2, 0.25) is 0 Å². The normalized spacial score (nSPS) is 35.5. The molecule has 0 saturated carbocycles. The maximum absolute atomic E-state index is 9.32. The summed E-state index contributed by atoms with van der Waals surface area (Å²) in [6.07, 6.45) is -1.83. The molecule has 3 fully saturated rings. The van der Waals surface area contributed by atoms with E-state index in [1.54, 1.807) is 0 Å². The van der Waals surface area contributed by atoms with Gasteiger partial charge >= 0.3 is 7.41 Å². The first kappa shape index (κ1) is 20.8. The van der Waals surface area contributed by atoms with E-state index in [4.69, 9.17) is 28.5 Å². The van der Waals surface area contributed by atoms with Crippen molar-refractivity contribution in [1.29, 1.82) is 5.26 Å². The Kier molecular flexibility index (Phi) is 5.70. The molecule has 0 bridgehead atoms. The first-order chi connectivity index (χ1) is 13.8. The summed E-state index contributed by atoms with van der Waals surface area (Å²) >= 11 is 0. The lowest BCUT2D eigenvalue weighted by Crippen LogP contribution is -3.14. The number of hydroxylamine groups is 1. The van der Waals surface area contributed by atoms with E-state index in [-0.39, 0.29) is 24.4 Å². The molecule has 3 aliphatic rings. The van der Waals surface area contributed by atoms with Gasteiger partial charge in [-0.25, -0.2) is 10.1 Å². The van der Waals surface area contributed by atoms with E-state index in [2.05, 4.69) is 5.97 Å². The monoisotopic (exact) mass is 404 g/mol. The van der Waals surface area contributed by atoms with Crippen LogP contribution in [0.4, 0.5) is 0 Å². The topological polar surface area (TPSA) is 83.6 Å². The second-order valence-electron chi connectivity index (χ2n) is 8.86. The second kappa shape index (κ2) is 7.97. The third-order valence-corrected chi connectivity index (χ3v) is 5.46. The smallest absolute Gasteiger partial charge is 0.309 e. The van der Waals surface area contributed by atoms with Gasteiger partial charge in [0.05, 0.1) is 6.54 Å². The van der Waals surface area contributed by atoms with Crippen LogP contribution >= 0.6 is 0 Å². The molecule has 4 rings (SSSR count). The average Bonchev–Trinajstić information content (AvgIpc) is 3.15. The lowest BCUT2D eigenvalue weighted by Gasteiger charge is -2.38. The van der Waals surface area contributed by atoms with Crippen LogP contribution in [0.3, 0.4) is 0 Å². The van der Waals surface area contributed by atoms with Crippen molar-refractivity contribution in [1.82, 2.24) is 0 Å². The molecule has 6 atom stereocenters. The molecule has 9 heteroatoms. The molecule has 3 heterocycles. The number of nitrogens with one attached hydrogen (secondary N) is 1. The number of ether oxygens (including phenoxy) is 5. The third-order valence-electron chi connectivity index (χ3n) is 5.46. The Morgan fingerprint density at radius 1 is 1.00 bits per heavy atom. The van der Waals surface area contributed by atoms with Crippen LogP contribution in [0.25, 0.3) is 0 Å². The molecule has 8 nitrogen and oxygen atoms in total. The number of nitriles is 1.